The summed E-state index contributed by atoms with van der Waals surface area (Å²) in [7, 11) is 0. The summed E-state index contributed by atoms with van der Waals surface area (Å²) in [6, 6.07) is 1.82. The van der Waals surface area contributed by atoms with Crippen LogP contribution in [0, 0.1) is 6.92 Å². The van der Waals surface area contributed by atoms with E-state index in [0.29, 0.717) is 11.5 Å². The van der Waals surface area contributed by atoms with Crippen LogP contribution in [0.4, 0.5) is 0 Å². The zero-order valence-corrected chi connectivity index (χ0v) is 7.58. The lowest BCUT2D eigenvalue weighted by Crippen LogP contribution is -2.14. The minimum Gasteiger partial charge on any atom is -0.366 e. The van der Waals surface area contributed by atoms with Crippen molar-refractivity contribution in [2.75, 3.05) is 0 Å². The number of nitrogens with zero attached hydrogens (tertiary/aromatic N) is 1. The quantitative estimate of drug-likeness (QED) is 0.739. The van der Waals surface area contributed by atoms with Gasteiger partial charge in [0.05, 0.1) is 11.3 Å². The molecule has 1 aromatic rings. The topological polar surface area (TPSA) is 56.0 Å². The van der Waals surface area contributed by atoms with E-state index >= 15 is 0 Å². The number of nitrogens with two attached hydrogens (primary N) is 1. The highest BCUT2D eigenvalue weighted by atomic mass is 16.1. The molecule has 0 atom stereocenters. The Labute approximate surface area is 77.0 Å². The fraction of sp³-hybridized carbons (Fsp3) is 0.400. The summed E-state index contributed by atoms with van der Waals surface area (Å²) in [5, 5.41) is 0. The number of amides is 1. The zero-order valence-electron chi connectivity index (χ0n) is 7.58. The van der Waals surface area contributed by atoms with E-state index < -0.39 is 0 Å². The van der Waals surface area contributed by atoms with Crippen LogP contribution in [0.5, 0.6) is 0 Å². The number of hydrogen-bond acceptors (Lipinski definition) is 2. The number of primary amides is 1. The first-order valence-electron chi connectivity index (χ1n) is 4.45. The molecular formula is C10H12N2O. The largest absolute Gasteiger partial charge is 0.366 e. The number of hydrogen-bond donors (Lipinski definition) is 1. The Morgan fingerprint density at radius 3 is 2.85 bits per heavy atom. The lowest BCUT2D eigenvalue weighted by molar-refractivity contribution is 0.0999. The fourth-order valence-corrected chi connectivity index (χ4v) is 1.46. The third-order valence-electron chi connectivity index (χ3n) is 2.28. The molecule has 0 radical (unpaired) electrons. The maximum atomic E-state index is 11.1. The normalized spacial score (nSPS) is 15.8. The Kier molecular flexibility index (Phi) is 1.79. The molecule has 0 saturated heterocycles. The minimum atomic E-state index is -0.363. The molecule has 1 fully saturated rings. The summed E-state index contributed by atoms with van der Waals surface area (Å²) in [5.41, 5.74) is 7.74. The summed E-state index contributed by atoms with van der Waals surface area (Å²) >= 11 is 0. The molecule has 1 saturated carbocycles. The Morgan fingerprint density at radius 2 is 2.31 bits per heavy atom. The van der Waals surface area contributed by atoms with E-state index in [-0.39, 0.29) is 5.91 Å². The van der Waals surface area contributed by atoms with Crippen molar-refractivity contribution in [3.63, 3.8) is 0 Å². The third-order valence-corrected chi connectivity index (χ3v) is 2.28. The van der Waals surface area contributed by atoms with Crippen molar-refractivity contribution in [3.05, 3.63) is 29.1 Å². The molecule has 1 amide bonds. The molecule has 13 heavy (non-hydrogen) atoms. The number of carbonyl (C=O) groups is 1. The van der Waals surface area contributed by atoms with Crippen LogP contribution < -0.4 is 5.73 Å². The van der Waals surface area contributed by atoms with Gasteiger partial charge in [-0.3, -0.25) is 9.78 Å². The molecule has 0 unspecified atom stereocenters. The highest BCUT2D eigenvalue weighted by molar-refractivity contribution is 5.94. The van der Waals surface area contributed by atoms with E-state index in [9.17, 15) is 4.79 Å². The van der Waals surface area contributed by atoms with Gasteiger partial charge in [0.25, 0.3) is 5.91 Å². The van der Waals surface area contributed by atoms with Gasteiger partial charge in [-0.1, -0.05) is 0 Å². The van der Waals surface area contributed by atoms with Gasteiger partial charge in [0.1, 0.15) is 0 Å². The van der Waals surface area contributed by atoms with E-state index in [1.165, 1.54) is 0 Å². The molecular weight excluding hydrogens is 164 g/mol. The van der Waals surface area contributed by atoms with E-state index in [4.69, 9.17) is 5.73 Å². The van der Waals surface area contributed by atoms with Gasteiger partial charge in [0.2, 0.25) is 0 Å². The van der Waals surface area contributed by atoms with E-state index in [2.05, 4.69) is 4.98 Å². The summed E-state index contributed by atoms with van der Waals surface area (Å²) < 4.78 is 0. The fourth-order valence-electron chi connectivity index (χ4n) is 1.46. The van der Waals surface area contributed by atoms with Crippen LogP contribution in [0.2, 0.25) is 0 Å². The van der Waals surface area contributed by atoms with E-state index in [0.717, 1.165) is 24.1 Å². The molecule has 3 heteroatoms. The second-order valence-electron chi connectivity index (χ2n) is 3.58. The Morgan fingerprint density at radius 1 is 1.62 bits per heavy atom. The van der Waals surface area contributed by atoms with Gasteiger partial charge in [-0.25, -0.2) is 0 Å². The number of rotatable bonds is 2. The summed E-state index contributed by atoms with van der Waals surface area (Å²) in [4.78, 5) is 15.3. The molecule has 2 rings (SSSR count). The van der Waals surface area contributed by atoms with Crippen LogP contribution >= 0.6 is 0 Å². The summed E-state index contributed by atoms with van der Waals surface area (Å²) in [6.07, 6.45) is 4.06. The molecule has 1 aliphatic rings. The zero-order chi connectivity index (χ0) is 9.42. The molecule has 2 N–H and O–H groups in total. The van der Waals surface area contributed by atoms with Gasteiger partial charge in [-0.15, -0.1) is 0 Å². The van der Waals surface area contributed by atoms with Crippen molar-refractivity contribution in [1.82, 2.24) is 4.98 Å². The van der Waals surface area contributed by atoms with Gasteiger partial charge < -0.3 is 5.73 Å². The molecule has 0 aliphatic heterocycles. The lowest BCUT2D eigenvalue weighted by atomic mass is 10.1. The standard InChI is InChI=1S/C10H12N2O/c1-6-4-8(10(11)13)9(12-5-6)7-2-3-7/h4-5,7H,2-3H2,1H3,(H2,11,13). The molecule has 0 aromatic carbocycles. The van der Waals surface area contributed by atoms with Gasteiger partial charge in [0, 0.05) is 12.1 Å². The van der Waals surface area contributed by atoms with Gasteiger partial charge in [-0.05, 0) is 31.4 Å². The predicted octanol–water partition coefficient (Wildman–Crippen LogP) is 1.37. The van der Waals surface area contributed by atoms with Crippen molar-refractivity contribution in [1.29, 1.82) is 0 Å². The number of aromatic nitrogens is 1. The highest BCUT2D eigenvalue weighted by Crippen LogP contribution is 2.40. The molecule has 1 heterocycles. The maximum absolute atomic E-state index is 11.1. The summed E-state index contributed by atoms with van der Waals surface area (Å²) in [6.45, 7) is 1.91. The highest BCUT2D eigenvalue weighted by Gasteiger charge is 2.28. The minimum absolute atomic E-state index is 0.363. The molecule has 1 aliphatic carbocycles. The van der Waals surface area contributed by atoms with Crippen LogP contribution in [-0.4, -0.2) is 10.9 Å². The lowest BCUT2D eigenvalue weighted by Gasteiger charge is -2.04. The molecule has 0 bridgehead atoms. The van der Waals surface area contributed by atoms with Crippen LogP contribution in [-0.2, 0) is 0 Å². The van der Waals surface area contributed by atoms with Crippen LogP contribution in [0.15, 0.2) is 12.3 Å². The van der Waals surface area contributed by atoms with Crippen LogP contribution in [0.25, 0.3) is 0 Å². The smallest absolute Gasteiger partial charge is 0.250 e. The molecule has 68 valence electrons. The van der Waals surface area contributed by atoms with E-state index in [1.54, 1.807) is 6.20 Å². The third kappa shape index (κ3) is 1.54. The number of pyridine rings is 1. The van der Waals surface area contributed by atoms with E-state index in [1.807, 2.05) is 13.0 Å². The first-order valence-corrected chi connectivity index (χ1v) is 4.45. The molecule has 0 spiro atoms. The predicted molar refractivity (Wildman–Crippen MR) is 49.5 cm³/mol. The van der Waals surface area contributed by atoms with Crippen LogP contribution in [0.3, 0.4) is 0 Å². The molecule has 3 nitrogen and oxygen atoms in total. The Hall–Kier alpha value is -1.38. The number of aryl methyl sites for hydroxylation is 1. The first-order chi connectivity index (χ1) is 6.18. The second-order valence-corrected chi connectivity index (χ2v) is 3.58. The first kappa shape index (κ1) is 8.23. The van der Waals surface area contributed by atoms with Gasteiger partial charge in [0.15, 0.2) is 0 Å². The average molecular weight is 176 g/mol. The van der Waals surface area contributed by atoms with Crippen molar-refractivity contribution < 1.29 is 4.79 Å². The van der Waals surface area contributed by atoms with Gasteiger partial charge >= 0.3 is 0 Å². The monoisotopic (exact) mass is 176 g/mol. The van der Waals surface area contributed by atoms with Crippen molar-refractivity contribution in [3.8, 4) is 0 Å². The van der Waals surface area contributed by atoms with Crippen molar-refractivity contribution >= 4 is 5.91 Å². The summed E-state index contributed by atoms with van der Waals surface area (Å²) in [5.74, 6) is 0.112. The Balaban J connectivity index is 2.47. The second kappa shape index (κ2) is 2.83. The Bertz CT molecular complexity index is 356. The van der Waals surface area contributed by atoms with Crippen LogP contribution in [0.1, 0.15) is 40.4 Å². The number of carbonyl (C=O) groups excluding carboxylic acids is 1. The van der Waals surface area contributed by atoms with Gasteiger partial charge in [-0.2, -0.15) is 0 Å². The molecule has 1 aromatic heterocycles. The SMILES string of the molecule is Cc1cnc(C2CC2)c(C(N)=O)c1. The average Bonchev–Trinajstić information content (AvgIpc) is 2.87. The maximum Gasteiger partial charge on any atom is 0.250 e. The van der Waals surface area contributed by atoms with Crippen molar-refractivity contribution in [2.24, 2.45) is 5.73 Å². The van der Waals surface area contributed by atoms with Crippen molar-refractivity contribution in [2.45, 2.75) is 25.7 Å².